The highest BCUT2D eigenvalue weighted by atomic mass is 16.6. The minimum absolute atomic E-state index is 0.117. The summed E-state index contributed by atoms with van der Waals surface area (Å²) >= 11 is 0. The Morgan fingerprint density at radius 1 is 0.621 bits per heavy atom. The first-order valence-electron chi connectivity index (χ1n) is 11.2. The van der Waals surface area contributed by atoms with Crippen molar-refractivity contribution in [3.63, 3.8) is 0 Å². The van der Waals surface area contributed by atoms with E-state index in [9.17, 15) is 14.4 Å². The van der Waals surface area contributed by atoms with Crippen LogP contribution in [0.15, 0.2) is 0 Å². The lowest BCUT2D eigenvalue weighted by atomic mass is 10.1. The SMILES string of the molecule is CCCCCCCCCCCCOC(=O)CN(C)C(=O)CN(C)C(=O)OCCC. The molecule has 0 aromatic carbocycles. The summed E-state index contributed by atoms with van der Waals surface area (Å²) in [5.74, 6) is -0.759. The van der Waals surface area contributed by atoms with Crippen LogP contribution in [0.25, 0.3) is 0 Å². The monoisotopic (exact) mass is 414 g/mol. The van der Waals surface area contributed by atoms with Crippen LogP contribution in [0, 0.1) is 0 Å². The molecule has 0 aromatic rings. The highest BCUT2D eigenvalue weighted by Crippen LogP contribution is 2.10. The average Bonchev–Trinajstić information content (AvgIpc) is 2.69. The molecule has 0 heterocycles. The number of hydrogen-bond donors (Lipinski definition) is 0. The summed E-state index contributed by atoms with van der Waals surface area (Å²) in [6.07, 6.45) is 12.4. The number of rotatable bonds is 17. The minimum Gasteiger partial charge on any atom is -0.464 e. The Morgan fingerprint density at radius 3 is 1.72 bits per heavy atom. The summed E-state index contributed by atoms with van der Waals surface area (Å²) in [6.45, 7) is 4.58. The number of ether oxygens (including phenoxy) is 2. The van der Waals surface area contributed by atoms with E-state index in [2.05, 4.69) is 6.92 Å². The Balaban J connectivity index is 3.72. The van der Waals surface area contributed by atoms with E-state index >= 15 is 0 Å². The number of amides is 2. The number of esters is 1. The van der Waals surface area contributed by atoms with Gasteiger partial charge in [0, 0.05) is 14.1 Å². The molecule has 7 heteroatoms. The smallest absolute Gasteiger partial charge is 0.409 e. The van der Waals surface area contributed by atoms with E-state index in [1.54, 1.807) is 0 Å². The topological polar surface area (TPSA) is 76.2 Å². The van der Waals surface area contributed by atoms with Crippen molar-refractivity contribution in [2.24, 2.45) is 0 Å². The van der Waals surface area contributed by atoms with Crippen molar-refractivity contribution in [3.8, 4) is 0 Å². The number of hydrogen-bond acceptors (Lipinski definition) is 5. The predicted octanol–water partition coefficient (Wildman–Crippen LogP) is 4.39. The summed E-state index contributed by atoms with van der Waals surface area (Å²) < 4.78 is 10.2. The van der Waals surface area contributed by atoms with Gasteiger partial charge in [-0.3, -0.25) is 9.59 Å². The lowest BCUT2D eigenvalue weighted by Gasteiger charge is -2.21. The van der Waals surface area contributed by atoms with Gasteiger partial charge in [-0.25, -0.2) is 4.79 Å². The Labute approximate surface area is 177 Å². The first kappa shape index (κ1) is 27.2. The molecule has 0 bridgehead atoms. The zero-order valence-corrected chi connectivity index (χ0v) is 19.0. The Hall–Kier alpha value is -1.79. The van der Waals surface area contributed by atoms with Crippen LogP contribution in [0.1, 0.15) is 84.5 Å². The van der Waals surface area contributed by atoms with Crippen molar-refractivity contribution in [1.29, 1.82) is 0 Å². The largest absolute Gasteiger partial charge is 0.464 e. The van der Waals surface area contributed by atoms with E-state index < -0.39 is 12.1 Å². The average molecular weight is 415 g/mol. The third-order valence-corrected chi connectivity index (χ3v) is 4.67. The molecule has 0 unspecified atom stereocenters. The molecule has 0 aliphatic heterocycles. The molecular formula is C22H42N2O5. The van der Waals surface area contributed by atoms with Gasteiger partial charge in [-0.2, -0.15) is 0 Å². The van der Waals surface area contributed by atoms with E-state index in [1.807, 2.05) is 6.92 Å². The number of nitrogens with zero attached hydrogens (tertiary/aromatic N) is 2. The first-order chi connectivity index (χ1) is 13.9. The predicted molar refractivity (Wildman–Crippen MR) is 115 cm³/mol. The van der Waals surface area contributed by atoms with Crippen LogP contribution in [0.2, 0.25) is 0 Å². The quantitative estimate of drug-likeness (QED) is 0.261. The van der Waals surface area contributed by atoms with Crippen LogP contribution in [-0.4, -0.2) is 68.2 Å². The number of carbonyl (C=O) groups is 3. The molecule has 0 rings (SSSR count). The molecular weight excluding hydrogens is 372 g/mol. The fraction of sp³-hybridized carbons (Fsp3) is 0.864. The molecule has 170 valence electrons. The van der Waals surface area contributed by atoms with Gasteiger partial charge in [-0.1, -0.05) is 71.6 Å². The van der Waals surface area contributed by atoms with Crippen molar-refractivity contribution in [2.75, 3.05) is 40.4 Å². The molecule has 0 radical (unpaired) electrons. The molecule has 0 aliphatic carbocycles. The van der Waals surface area contributed by atoms with Gasteiger partial charge in [0.1, 0.15) is 13.1 Å². The number of likely N-dealkylation sites (N-methyl/N-ethyl adjacent to an activating group) is 2. The Kier molecular flexibility index (Phi) is 17.1. The molecule has 29 heavy (non-hydrogen) atoms. The fourth-order valence-electron chi connectivity index (χ4n) is 2.79. The Morgan fingerprint density at radius 2 is 1.17 bits per heavy atom. The zero-order valence-electron chi connectivity index (χ0n) is 19.0. The van der Waals surface area contributed by atoms with E-state index in [4.69, 9.17) is 9.47 Å². The van der Waals surface area contributed by atoms with Gasteiger partial charge in [-0.05, 0) is 12.8 Å². The van der Waals surface area contributed by atoms with Crippen LogP contribution >= 0.6 is 0 Å². The third kappa shape index (κ3) is 15.8. The molecule has 7 nitrogen and oxygen atoms in total. The summed E-state index contributed by atoms with van der Waals surface area (Å²) in [6, 6.07) is 0. The molecule has 0 atom stereocenters. The molecule has 0 saturated heterocycles. The molecule has 0 saturated carbocycles. The van der Waals surface area contributed by atoms with Crippen LogP contribution in [-0.2, 0) is 19.1 Å². The highest BCUT2D eigenvalue weighted by Gasteiger charge is 2.19. The van der Waals surface area contributed by atoms with Gasteiger partial charge in [0.15, 0.2) is 0 Å². The summed E-state index contributed by atoms with van der Waals surface area (Å²) in [5.41, 5.74) is 0. The molecule has 0 aromatic heterocycles. The maximum atomic E-state index is 12.1. The van der Waals surface area contributed by atoms with Crippen LogP contribution < -0.4 is 0 Å². The van der Waals surface area contributed by atoms with E-state index in [0.717, 1.165) is 19.3 Å². The van der Waals surface area contributed by atoms with Crippen molar-refractivity contribution < 1.29 is 23.9 Å². The van der Waals surface area contributed by atoms with E-state index in [-0.39, 0.29) is 19.0 Å². The van der Waals surface area contributed by atoms with Gasteiger partial charge in [0.05, 0.1) is 13.2 Å². The normalized spacial score (nSPS) is 10.5. The lowest BCUT2D eigenvalue weighted by Crippen LogP contribution is -2.41. The molecule has 0 fully saturated rings. The van der Waals surface area contributed by atoms with E-state index in [0.29, 0.717) is 13.2 Å². The second kappa shape index (κ2) is 18.3. The van der Waals surface area contributed by atoms with Crippen LogP contribution in [0.5, 0.6) is 0 Å². The van der Waals surface area contributed by atoms with Gasteiger partial charge < -0.3 is 19.3 Å². The molecule has 2 amide bonds. The molecule has 0 aliphatic rings. The maximum absolute atomic E-state index is 12.1. The summed E-state index contributed by atoms with van der Waals surface area (Å²) in [4.78, 5) is 38.1. The zero-order chi connectivity index (χ0) is 21.9. The summed E-state index contributed by atoms with van der Waals surface area (Å²) in [5, 5.41) is 0. The van der Waals surface area contributed by atoms with Crippen LogP contribution in [0.4, 0.5) is 4.79 Å². The van der Waals surface area contributed by atoms with Crippen molar-refractivity contribution >= 4 is 18.0 Å². The van der Waals surface area contributed by atoms with Gasteiger partial charge in [0.25, 0.3) is 0 Å². The lowest BCUT2D eigenvalue weighted by molar-refractivity contribution is -0.148. The Bertz CT molecular complexity index is 456. The fourth-order valence-corrected chi connectivity index (χ4v) is 2.79. The van der Waals surface area contributed by atoms with Gasteiger partial charge >= 0.3 is 12.1 Å². The first-order valence-corrected chi connectivity index (χ1v) is 11.2. The molecule has 0 spiro atoms. The minimum atomic E-state index is -0.544. The second-order valence-electron chi connectivity index (χ2n) is 7.62. The van der Waals surface area contributed by atoms with Crippen molar-refractivity contribution in [3.05, 3.63) is 0 Å². The highest BCUT2D eigenvalue weighted by molar-refractivity contribution is 5.85. The van der Waals surface area contributed by atoms with Gasteiger partial charge in [0.2, 0.25) is 5.91 Å². The second-order valence-corrected chi connectivity index (χ2v) is 7.62. The van der Waals surface area contributed by atoms with Crippen molar-refractivity contribution in [2.45, 2.75) is 84.5 Å². The van der Waals surface area contributed by atoms with Crippen molar-refractivity contribution in [1.82, 2.24) is 9.80 Å². The number of unbranched alkanes of at least 4 members (excludes halogenated alkanes) is 9. The van der Waals surface area contributed by atoms with Gasteiger partial charge in [-0.15, -0.1) is 0 Å². The number of carbonyl (C=O) groups excluding carboxylic acids is 3. The standard InChI is InChI=1S/C22H42N2O5/c1-5-7-8-9-10-11-12-13-14-15-17-28-21(26)19-23(3)20(25)18-24(4)22(27)29-16-6-2/h5-19H2,1-4H3. The summed E-state index contributed by atoms with van der Waals surface area (Å²) in [7, 11) is 3.02. The third-order valence-electron chi connectivity index (χ3n) is 4.67. The van der Waals surface area contributed by atoms with E-state index in [1.165, 1.54) is 75.3 Å². The maximum Gasteiger partial charge on any atom is 0.409 e. The molecule has 0 N–H and O–H groups in total. The van der Waals surface area contributed by atoms with Crippen LogP contribution in [0.3, 0.4) is 0 Å².